The summed E-state index contributed by atoms with van der Waals surface area (Å²) in [5.74, 6) is 0.618. The molecule has 1 aliphatic rings. The van der Waals surface area contributed by atoms with Crippen molar-refractivity contribution in [2.75, 3.05) is 5.73 Å². The number of anilines is 1. The van der Waals surface area contributed by atoms with Crippen LogP contribution in [-0.4, -0.2) is 5.78 Å². The van der Waals surface area contributed by atoms with Gasteiger partial charge in [-0.15, -0.1) is 0 Å². The predicted octanol–water partition coefficient (Wildman–Crippen LogP) is 4.53. The van der Waals surface area contributed by atoms with E-state index in [0.717, 1.165) is 10.0 Å². The minimum Gasteiger partial charge on any atom is -0.398 e. The van der Waals surface area contributed by atoms with Gasteiger partial charge in [0.15, 0.2) is 5.78 Å². The molecule has 3 heteroatoms. The van der Waals surface area contributed by atoms with E-state index in [1.54, 1.807) is 12.1 Å². The number of halogens is 1. The topological polar surface area (TPSA) is 43.1 Å². The Morgan fingerprint density at radius 3 is 2.65 bits per heavy atom. The summed E-state index contributed by atoms with van der Waals surface area (Å²) >= 11 is 3.39. The molecule has 1 aliphatic carbocycles. The lowest BCUT2D eigenvalue weighted by molar-refractivity contribution is 0.103. The van der Waals surface area contributed by atoms with E-state index in [1.807, 2.05) is 24.3 Å². The van der Waals surface area contributed by atoms with Gasteiger partial charge in [0.25, 0.3) is 0 Å². The van der Waals surface area contributed by atoms with Crippen LogP contribution in [0.5, 0.6) is 0 Å². The number of ketones is 1. The Morgan fingerprint density at radius 1 is 1.15 bits per heavy atom. The monoisotopic (exact) mass is 329 g/mol. The first kappa shape index (κ1) is 13.4. The Morgan fingerprint density at radius 2 is 1.95 bits per heavy atom. The van der Waals surface area contributed by atoms with Gasteiger partial charge in [-0.2, -0.15) is 0 Å². The van der Waals surface area contributed by atoms with Gasteiger partial charge in [-0.05, 0) is 48.6 Å². The zero-order chi connectivity index (χ0) is 14.1. The van der Waals surface area contributed by atoms with Crippen LogP contribution in [0.1, 0.15) is 46.7 Å². The largest absolute Gasteiger partial charge is 0.398 e. The molecule has 1 fully saturated rings. The van der Waals surface area contributed by atoms with Crippen molar-refractivity contribution in [2.24, 2.45) is 0 Å². The van der Waals surface area contributed by atoms with Gasteiger partial charge in [0.2, 0.25) is 0 Å². The number of benzene rings is 2. The average Bonchev–Trinajstić information content (AvgIpc) is 2.39. The second-order valence-electron chi connectivity index (χ2n) is 5.31. The second-order valence-corrected chi connectivity index (χ2v) is 6.23. The molecule has 2 aromatic carbocycles. The first-order valence-corrected chi connectivity index (χ1v) is 7.64. The molecule has 0 spiro atoms. The van der Waals surface area contributed by atoms with Crippen LogP contribution in [0, 0.1) is 0 Å². The molecule has 0 amide bonds. The van der Waals surface area contributed by atoms with Crippen molar-refractivity contribution in [1.82, 2.24) is 0 Å². The van der Waals surface area contributed by atoms with E-state index in [2.05, 4.69) is 22.0 Å². The van der Waals surface area contributed by atoms with Crippen LogP contribution >= 0.6 is 15.9 Å². The molecule has 0 aromatic heterocycles. The van der Waals surface area contributed by atoms with Crippen LogP contribution in [0.4, 0.5) is 5.69 Å². The van der Waals surface area contributed by atoms with Crippen LogP contribution in [0.25, 0.3) is 0 Å². The number of nitrogen functional groups attached to an aromatic ring is 1. The smallest absolute Gasteiger partial charge is 0.195 e. The van der Waals surface area contributed by atoms with Gasteiger partial charge in [-0.3, -0.25) is 4.79 Å². The molecule has 2 N–H and O–H groups in total. The summed E-state index contributed by atoms with van der Waals surface area (Å²) in [5, 5.41) is 0. The lowest BCUT2D eigenvalue weighted by Gasteiger charge is -2.26. The standard InChI is InChI=1S/C17H16BrNO/c18-14-7-8-16(19)15(10-14)17(20)13-6-2-5-12(9-13)11-3-1-4-11/h2,5-11H,1,3-4,19H2. The first-order valence-electron chi connectivity index (χ1n) is 6.85. The van der Waals surface area contributed by atoms with Gasteiger partial charge >= 0.3 is 0 Å². The van der Waals surface area contributed by atoms with Gasteiger partial charge in [0.1, 0.15) is 0 Å². The Bertz CT molecular complexity index is 662. The zero-order valence-electron chi connectivity index (χ0n) is 11.1. The molecule has 0 saturated heterocycles. The zero-order valence-corrected chi connectivity index (χ0v) is 12.7. The molecule has 3 rings (SSSR count). The van der Waals surface area contributed by atoms with Gasteiger partial charge in [0, 0.05) is 21.3 Å². The first-order chi connectivity index (χ1) is 9.65. The van der Waals surface area contributed by atoms with E-state index in [0.29, 0.717) is 17.2 Å². The van der Waals surface area contributed by atoms with Crippen molar-refractivity contribution < 1.29 is 4.79 Å². The summed E-state index contributed by atoms with van der Waals surface area (Å²) in [6, 6.07) is 13.4. The Balaban J connectivity index is 1.95. The molecule has 0 bridgehead atoms. The van der Waals surface area contributed by atoms with Crippen LogP contribution in [-0.2, 0) is 0 Å². The normalized spacial score (nSPS) is 14.8. The molecule has 2 aromatic rings. The number of rotatable bonds is 3. The Hall–Kier alpha value is -1.61. The van der Waals surface area contributed by atoms with Crippen molar-refractivity contribution in [3.05, 3.63) is 63.6 Å². The number of carbonyl (C=O) groups is 1. The molecule has 0 radical (unpaired) electrons. The Kier molecular flexibility index (Phi) is 3.62. The average molecular weight is 330 g/mol. The third-order valence-electron chi connectivity index (χ3n) is 3.99. The van der Waals surface area contributed by atoms with E-state index >= 15 is 0 Å². The van der Waals surface area contributed by atoms with E-state index in [1.165, 1.54) is 24.8 Å². The fourth-order valence-electron chi connectivity index (χ4n) is 2.56. The van der Waals surface area contributed by atoms with E-state index < -0.39 is 0 Å². The SMILES string of the molecule is Nc1ccc(Br)cc1C(=O)c1cccc(C2CCC2)c1. The van der Waals surface area contributed by atoms with Gasteiger partial charge in [-0.25, -0.2) is 0 Å². The van der Waals surface area contributed by atoms with Crippen molar-refractivity contribution in [1.29, 1.82) is 0 Å². The lowest BCUT2D eigenvalue weighted by Crippen LogP contribution is -2.10. The molecular formula is C17H16BrNO. The van der Waals surface area contributed by atoms with Crippen LogP contribution in [0.3, 0.4) is 0 Å². The fourth-order valence-corrected chi connectivity index (χ4v) is 2.92. The molecule has 0 heterocycles. The van der Waals surface area contributed by atoms with Crippen LogP contribution in [0.15, 0.2) is 46.9 Å². The highest BCUT2D eigenvalue weighted by atomic mass is 79.9. The summed E-state index contributed by atoms with van der Waals surface area (Å²) in [7, 11) is 0. The van der Waals surface area contributed by atoms with Crippen molar-refractivity contribution in [2.45, 2.75) is 25.2 Å². The fraction of sp³-hybridized carbons (Fsp3) is 0.235. The second kappa shape index (κ2) is 5.41. The van der Waals surface area contributed by atoms with Gasteiger partial charge in [-0.1, -0.05) is 40.5 Å². The molecule has 2 nitrogen and oxygen atoms in total. The summed E-state index contributed by atoms with van der Waals surface area (Å²) in [5.41, 5.74) is 9.00. The summed E-state index contributed by atoms with van der Waals surface area (Å²) in [4.78, 5) is 12.6. The van der Waals surface area contributed by atoms with E-state index in [9.17, 15) is 4.79 Å². The molecule has 102 valence electrons. The van der Waals surface area contributed by atoms with Crippen molar-refractivity contribution in [3.63, 3.8) is 0 Å². The predicted molar refractivity (Wildman–Crippen MR) is 85.0 cm³/mol. The van der Waals surface area contributed by atoms with E-state index in [-0.39, 0.29) is 5.78 Å². The molecule has 0 unspecified atom stereocenters. The maximum Gasteiger partial charge on any atom is 0.195 e. The summed E-state index contributed by atoms with van der Waals surface area (Å²) in [6.07, 6.45) is 3.76. The molecular weight excluding hydrogens is 314 g/mol. The minimum absolute atomic E-state index is 0.00928. The maximum absolute atomic E-state index is 12.6. The summed E-state index contributed by atoms with van der Waals surface area (Å²) in [6.45, 7) is 0. The molecule has 0 atom stereocenters. The third-order valence-corrected chi connectivity index (χ3v) is 4.48. The highest BCUT2D eigenvalue weighted by Crippen LogP contribution is 2.36. The lowest BCUT2D eigenvalue weighted by atomic mass is 9.79. The van der Waals surface area contributed by atoms with Gasteiger partial charge in [0.05, 0.1) is 0 Å². The number of carbonyl (C=O) groups excluding carboxylic acids is 1. The number of nitrogens with two attached hydrogens (primary N) is 1. The van der Waals surface area contributed by atoms with E-state index in [4.69, 9.17) is 5.73 Å². The molecule has 0 aliphatic heterocycles. The maximum atomic E-state index is 12.6. The molecule has 1 saturated carbocycles. The van der Waals surface area contributed by atoms with Crippen molar-refractivity contribution >= 4 is 27.4 Å². The Labute approximate surface area is 127 Å². The quantitative estimate of drug-likeness (QED) is 0.664. The molecule has 20 heavy (non-hydrogen) atoms. The number of hydrogen-bond donors (Lipinski definition) is 1. The highest BCUT2D eigenvalue weighted by molar-refractivity contribution is 9.10. The summed E-state index contributed by atoms with van der Waals surface area (Å²) < 4.78 is 0.866. The van der Waals surface area contributed by atoms with Crippen LogP contribution in [0.2, 0.25) is 0 Å². The van der Waals surface area contributed by atoms with Gasteiger partial charge < -0.3 is 5.73 Å². The van der Waals surface area contributed by atoms with Crippen LogP contribution < -0.4 is 5.73 Å². The minimum atomic E-state index is -0.00928. The van der Waals surface area contributed by atoms with Crippen molar-refractivity contribution in [3.8, 4) is 0 Å². The number of hydrogen-bond acceptors (Lipinski definition) is 2. The third kappa shape index (κ3) is 2.50. The highest BCUT2D eigenvalue weighted by Gasteiger charge is 2.21.